The van der Waals surface area contributed by atoms with Crippen LogP contribution < -0.4 is 10.1 Å². The minimum absolute atomic E-state index is 0.102. The number of nitrogens with one attached hydrogen (secondary N) is 1. The molecule has 1 heterocycles. The van der Waals surface area contributed by atoms with Gasteiger partial charge in [-0.1, -0.05) is 18.2 Å². The predicted molar refractivity (Wildman–Crippen MR) is 112 cm³/mol. The van der Waals surface area contributed by atoms with Gasteiger partial charge in [-0.25, -0.2) is 8.78 Å². The van der Waals surface area contributed by atoms with Gasteiger partial charge in [-0.15, -0.1) is 0 Å². The molecule has 2 amide bonds. The van der Waals surface area contributed by atoms with Gasteiger partial charge in [0.05, 0.1) is 0 Å². The first-order valence-electron chi connectivity index (χ1n) is 9.79. The molecule has 0 saturated carbocycles. The highest BCUT2D eigenvalue weighted by Crippen LogP contribution is 2.30. The zero-order chi connectivity index (χ0) is 22.0. The summed E-state index contributed by atoms with van der Waals surface area (Å²) in [6.07, 6.45) is -0.729. The van der Waals surface area contributed by atoms with Crippen LogP contribution in [0.4, 0.5) is 14.5 Å². The summed E-state index contributed by atoms with van der Waals surface area (Å²) in [7, 11) is 0. The molecule has 3 aromatic rings. The van der Waals surface area contributed by atoms with E-state index in [1.165, 1.54) is 35.2 Å². The van der Waals surface area contributed by atoms with Gasteiger partial charge in [0.2, 0.25) is 0 Å². The first-order chi connectivity index (χ1) is 14.9. The molecule has 0 radical (unpaired) electrons. The number of nitrogens with zero attached hydrogens (tertiary/aromatic N) is 1. The number of benzene rings is 3. The van der Waals surface area contributed by atoms with Crippen LogP contribution in [0.1, 0.15) is 28.4 Å². The molecule has 0 spiro atoms. The standard InChI is InChI=1S/C24H20F2N2O3/c1-15-24(30)28(13-17-4-2-3-5-21(17)26)14-18-12-20(10-11-22(18)31-15)27-23(29)16-6-8-19(25)9-7-16/h2-12,15H,13-14H2,1H3,(H,27,29). The molecular formula is C24H20F2N2O3. The van der Waals surface area contributed by atoms with E-state index in [2.05, 4.69) is 5.32 Å². The quantitative estimate of drug-likeness (QED) is 0.672. The zero-order valence-electron chi connectivity index (χ0n) is 16.8. The van der Waals surface area contributed by atoms with Crippen molar-refractivity contribution in [3.63, 3.8) is 0 Å². The first-order valence-corrected chi connectivity index (χ1v) is 9.79. The zero-order valence-corrected chi connectivity index (χ0v) is 16.8. The summed E-state index contributed by atoms with van der Waals surface area (Å²) in [5, 5.41) is 2.76. The maximum Gasteiger partial charge on any atom is 0.263 e. The van der Waals surface area contributed by atoms with Crippen LogP contribution in [0.3, 0.4) is 0 Å². The van der Waals surface area contributed by atoms with E-state index in [9.17, 15) is 18.4 Å². The van der Waals surface area contributed by atoms with Crippen molar-refractivity contribution in [2.24, 2.45) is 0 Å². The average Bonchev–Trinajstić information content (AvgIpc) is 2.87. The Hall–Kier alpha value is -3.74. The second-order valence-corrected chi connectivity index (χ2v) is 7.33. The highest BCUT2D eigenvalue weighted by Gasteiger charge is 2.28. The van der Waals surface area contributed by atoms with E-state index < -0.39 is 11.9 Å². The van der Waals surface area contributed by atoms with E-state index in [0.717, 1.165) is 0 Å². The lowest BCUT2D eigenvalue weighted by molar-refractivity contribution is -0.138. The SMILES string of the molecule is CC1Oc2ccc(NC(=O)c3ccc(F)cc3)cc2CN(Cc2ccccc2F)C1=O. The molecule has 31 heavy (non-hydrogen) atoms. The van der Waals surface area contributed by atoms with E-state index in [1.54, 1.807) is 43.3 Å². The third-order valence-electron chi connectivity index (χ3n) is 5.07. The fourth-order valence-corrected chi connectivity index (χ4v) is 3.45. The Balaban J connectivity index is 1.57. The molecule has 4 rings (SSSR count). The molecule has 5 nitrogen and oxygen atoms in total. The second kappa shape index (κ2) is 8.55. The molecule has 3 aromatic carbocycles. The fourth-order valence-electron chi connectivity index (χ4n) is 3.45. The molecule has 158 valence electrons. The number of carbonyl (C=O) groups is 2. The molecule has 0 bridgehead atoms. The van der Waals surface area contributed by atoms with Crippen LogP contribution >= 0.6 is 0 Å². The maximum absolute atomic E-state index is 14.1. The number of fused-ring (bicyclic) bond motifs is 1. The van der Waals surface area contributed by atoms with Gasteiger partial charge in [0.1, 0.15) is 17.4 Å². The van der Waals surface area contributed by atoms with Gasteiger partial charge in [-0.2, -0.15) is 0 Å². The molecule has 0 aromatic heterocycles. The van der Waals surface area contributed by atoms with Crippen molar-refractivity contribution in [1.82, 2.24) is 4.90 Å². The summed E-state index contributed by atoms with van der Waals surface area (Å²) in [5.74, 6) is -0.920. The number of hydrogen-bond acceptors (Lipinski definition) is 3. The number of hydrogen-bond donors (Lipinski definition) is 1. The lowest BCUT2D eigenvalue weighted by Gasteiger charge is -2.22. The molecule has 1 aliphatic heterocycles. The van der Waals surface area contributed by atoms with Crippen LogP contribution in [0.15, 0.2) is 66.7 Å². The van der Waals surface area contributed by atoms with Crippen molar-refractivity contribution in [1.29, 1.82) is 0 Å². The van der Waals surface area contributed by atoms with Crippen LogP contribution in [0.2, 0.25) is 0 Å². The molecular weight excluding hydrogens is 402 g/mol. The summed E-state index contributed by atoms with van der Waals surface area (Å²) in [5.41, 5.74) is 1.92. The van der Waals surface area contributed by atoms with Gasteiger partial charge < -0.3 is 15.0 Å². The summed E-state index contributed by atoms with van der Waals surface area (Å²) in [4.78, 5) is 26.7. The summed E-state index contributed by atoms with van der Waals surface area (Å²) >= 11 is 0. The maximum atomic E-state index is 14.1. The highest BCUT2D eigenvalue weighted by molar-refractivity contribution is 6.04. The number of halogens is 2. The Labute approximate surface area is 178 Å². The number of rotatable bonds is 4. The Morgan fingerprint density at radius 3 is 2.58 bits per heavy atom. The molecule has 0 fully saturated rings. The van der Waals surface area contributed by atoms with Crippen LogP contribution in [0, 0.1) is 11.6 Å². The van der Waals surface area contributed by atoms with E-state index >= 15 is 0 Å². The minimum atomic E-state index is -0.729. The summed E-state index contributed by atoms with van der Waals surface area (Å²) in [6.45, 7) is 1.95. The molecule has 1 N–H and O–H groups in total. The van der Waals surface area contributed by atoms with Crippen molar-refractivity contribution in [2.75, 3.05) is 5.32 Å². The molecule has 1 unspecified atom stereocenters. The van der Waals surface area contributed by atoms with E-state index in [1.807, 2.05) is 0 Å². The second-order valence-electron chi connectivity index (χ2n) is 7.33. The lowest BCUT2D eigenvalue weighted by Crippen LogP contribution is -2.37. The van der Waals surface area contributed by atoms with E-state index in [4.69, 9.17) is 4.74 Å². The van der Waals surface area contributed by atoms with Crippen molar-refractivity contribution >= 4 is 17.5 Å². The number of anilines is 1. The lowest BCUT2D eigenvalue weighted by atomic mass is 10.1. The van der Waals surface area contributed by atoms with E-state index in [-0.39, 0.29) is 30.7 Å². The number of ether oxygens (including phenoxy) is 1. The van der Waals surface area contributed by atoms with Crippen LogP contribution in [0.5, 0.6) is 5.75 Å². The predicted octanol–water partition coefficient (Wildman–Crippen LogP) is 4.53. The van der Waals surface area contributed by atoms with Crippen molar-refractivity contribution < 1.29 is 23.1 Å². The average molecular weight is 422 g/mol. The normalized spacial score (nSPS) is 15.6. The summed E-state index contributed by atoms with van der Waals surface area (Å²) < 4.78 is 33.0. The minimum Gasteiger partial charge on any atom is -0.481 e. The Kier molecular flexibility index (Phi) is 5.66. The Bertz CT molecular complexity index is 1130. The molecule has 7 heteroatoms. The Morgan fingerprint density at radius 1 is 1.10 bits per heavy atom. The molecule has 0 saturated heterocycles. The van der Waals surface area contributed by atoms with Crippen molar-refractivity contribution in [3.8, 4) is 5.75 Å². The monoisotopic (exact) mass is 422 g/mol. The van der Waals surface area contributed by atoms with Crippen molar-refractivity contribution in [2.45, 2.75) is 26.1 Å². The largest absolute Gasteiger partial charge is 0.481 e. The van der Waals surface area contributed by atoms with Gasteiger partial charge in [-0.05, 0) is 55.5 Å². The fraction of sp³-hybridized carbons (Fsp3) is 0.167. The molecule has 0 aliphatic carbocycles. The van der Waals surface area contributed by atoms with Crippen molar-refractivity contribution in [3.05, 3.63) is 95.1 Å². The Morgan fingerprint density at radius 2 is 1.84 bits per heavy atom. The van der Waals surface area contributed by atoms with Gasteiger partial charge in [0.25, 0.3) is 11.8 Å². The number of amides is 2. The number of carbonyl (C=O) groups excluding carboxylic acids is 2. The van der Waals surface area contributed by atoms with E-state index in [0.29, 0.717) is 28.1 Å². The van der Waals surface area contributed by atoms with Gasteiger partial charge in [0, 0.05) is 35.5 Å². The molecule has 1 atom stereocenters. The van der Waals surface area contributed by atoms with Gasteiger partial charge >= 0.3 is 0 Å². The van der Waals surface area contributed by atoms with Gasteiger partial charge in [-0.3, -0.25) is 9.59 Å². The summed E-state index contributed by atoms with van der Waals surface area (Å²) in [6, 6.07) is 16.6. The van der Waals surface area contributed by atoms with Crippen LogP contribution in [0.25, 0.3) is 0 Å². The third kappa shape index (κ3) is 4.55. The highest BCUT2D eigenvalue weighted by atomic mass is 19.1. The first kappa shape index (κ1) is 20.5. The molecule has 1 aliphatic rings. The smallest absolute Gasteiger partial charge is 0.263 e. The van der Waals surface area contributed by atoms with Crippen LogP contribution in [-0.4, -0.2) is 22.8 Å². The third-order valence-corrected chi connectivity index (χ3v) is 5.07. The van der Waals surface area contributed by atoms with Crippen LogP contribution in [-0.2, 0) is 17.9 Å². The van der Waals surface area contributed by atoms with Gasteiger partial charge in [0.15, 0.2) is 6.10 Å². The topological polar surface area (TPSA) is 58.6 Å².